The highest BCUT2D eigenvalue weighted by Gasteiger charge is 2.16. The lowest BCUT2D eigenvalue weighted by Gasteiger charge is -2.11. The predicted octanol–water partition coefficient (Wildman–Crippen LogP) is 2.14. The minimum Gasteiger partial charge on any atom is -0.357 e. The minimum atomic E-state index is 0. The first-order valence-electron chi connectivity index (χ1n) is 9.50. The Morgan fingerprint density at radius 3 is 2.78 bits per heavy atom. The van der Waals surface area contributed by atoms with Crippen LogP contribution >= 0.6 is 24.0 Å². The van der Waals surface area contributed by atoms with Crippen LogP contribution in [0.25, 0.3) is 0 Å². The van der Waals surface area contributed by atoms with Crippen LogP contribution in [0.5, 0.6) is 0 Å². The number of aromatic nitrogens is 3. The molecule has 1 aromatic heterocycles. The molecule has 1 aliphatic rings. The van der Waals surface area contributed by atoms with Gasteiger partial charge in [-0.3, -0.25) is 4.57 Å². The molecule has 148 valence electrons. The average molecular weight is 484 g/mol. The second-order valence-electron chi connectivity index (χ2n) is 6.49. The van der Waals surface area contributed by atoms with Crippen molar-refractivity contribution in [2.24, 2.45) is 4.99 Å². The third kappa shape index (κ3) is 6.08. The highest BCUT2D eigenvalue weighted by Crippen LogP contribution is 2.09. The van der Waals surface area contributed by atoms with Gasteiger partial charge in [0, 0.05) is 32.6 Å². The molecule has 7 nitrogen and oxygen atoms in total. The number of rotatable bonds is 7. The molecule has 0 bridgehead atoms. The summed E-state index contributed by atoms with van der Waals surface area (Å²) in [6, 6.07) is 10.2. The Labute approximate surface area is 177 Å². The lowest BCUT2D eigenvalue weighted by atomic mass is 10.2. The standard InChI is InChI=1S/C19H28N6O.HI/c1-2-20-18(22-15-16-9-4-3-5-10-16)21-12-8-14-25-19(26)24-13-7-6-11-17(24)23-25;/h3-5,9-10H,2,6-8,11-15H2,1H3,(H2,20,21,22);1H. The van der Waals surface area contributed by atoms with Gasteiger partial charge in [0.2, 0.25) is 0 Å². The van der Waals surface area contributed by atoms with Crippen LogP contribution in [0.15, 0.2) is 40.1 Å². The van der Waals surface area contributed by atoms with Gasteiger partial charge in [0.15, 0.2) is 5.96 Å². The summed E-state index contributed by atoms with van der Waals surface area (Å²) in [6.45, 7) is 5.69. The number of aryl methyl sites for hydroxylation is 2. The second kappa shape index (κ2) is 11.1. The first-order valence-corrected chi connectivity index (χ1v) is 9.50. The molecular formula is C19H29IN6O. The molecule has 0 radical (unpaired) electrons. The monoisotopic (exact) mass is 484 g/mol. The summed E-state index contributed by atoms with van der Waals surface area (Å²) in [5.74, 6) is 1.74. The molecular weight excluding hydrogens is 455 g/mol. The molecule has 1 aromatic carbocycles. The Balaban J connectivity index is 0.00000261. The summed E-state index contributed by atoms with van der Waals surface area (Å²) in [4.78, 5) is 16.9. The number of fused-ring (bicyclic) bond motifs is 1. The molecule has 0 amide bonds. The molecule has 0 saturated carbocycles. The van der Waals surface area contributed by atoms with E-state index in [9.17, 15) is 4.79 Å². The van der Waals surface area contributed by atoms with Gasteiger partial charge in [0.1, 0.15) is 5.82 Å². The van der Waals surface area contributed by atoms with Gasteiger partial charge in [-0.05, 0) is 31.7 Å². The normalized spacial score (nSPS) is 13.6. The van der Waals surface area contributed by atoms with Crippen molar-refractivity contribution in [3.05, 3.63) is 52.2 Å². The van der Waals surface area contributed by atoms with Gasteiger partial charge in [-0.25, -0.2) is 14.5 Å². The first-order chi connectivity index (χ1) is 12.8. The largest absolute Gasteiger partial charge is 0.357 e. The summed E-state index contributed by atoms with van der Waals surface area (Å²) < 4.78 is 3.43. The van der Waals surface area contributed by atoms with Gasteiger partial charge in [0.25, 0.3) is 0 Å². The van der Waals surface area contributed by atoms with E-state index in [1.165, 1.54) is 5.56 Å². The maximum absolute atomic E-state index is 12.3. The summed E-state index contributed by atoms with van der Waals surface area (Å²) >= 11 is 0. The Morgan fingerprint density at radius 2 is 2.04 bits per heavy atom. The molecule has 3 rings (SSSR count). The van der Waals surface area contributed by atoms with Crippen molar-refractivity contribution in [2.75, 3.05) is 13.1 Å². The Morgan fingerprint density at radius 1 is 1.22 bits per heavy atom. The topological polar surface area (TPSA) is 76.2 Å². The molecule has 2 N–H and O–H groups in total. The van der Waals surface area contributed by atoms with Crippen LogP contribution < -0.4 is 16.3 Å². The third-order valence-electron chi connectivity index (χ3n) is 4.48. The molecule has 0 saturated heterocycles. The van der Waals surface area contributed by atoms with Gasteiger partial charge >= 0.3 is 5.69 Å². The van der Waals surface area contributed by atoms with Crippen molar-refractivity contribution < 1.29 is 0 Å². The molecule has 8 heteroatoms. The number of halogens is 1. The van der Waals surface area contributed by atoms with Gasteiger partial charge in [-0.2, -0.15) is 5.10 Å². The molecule has 0 spiro atoms. The van der Waals surface area contributed by atoms with E-state index in [1.54, 1.807) is 4.68 Å². The highest BCUT2D eigenvalue weighted by atomic mass is 127. The Hall–Kier alpha value is -1.84. The van der Waals surface area contributed by atoms with Crippen LogP contribution in [0.1, 0.15) is 37.6 Å². The quantitative estimate of drug-likeness (QED) is 0.273. The Bertz CT molecular complexity index is 783. The second-order valence-corrected chi connectivity index (χ2v) is 6.49. The fourth-order valence-corrected chi connectivity index (χ4v) is 3.13. The molecule has 0 aliphatic carbocycles. The van der Waals surface area contributed by atoms with Crippen molar-refractivity contribution in [2.45, 2.75) is 52.2 Å². The minimum absolute atomic E-state index is 0. The first kappa shape index (κ1) is 21.5. The zero-order valence-corrected chi connectivity index (χ0v) is 18.2. The number of hydrogen-bond acceptors (Lipinski definition) is 3. The van der Waals surface area contributed by atoms with Crippen LogP contribution in [0.4, 0.5) is 0 Å². The van der Waals surface area contributed by atoms with E-state index in [4.69, 9.17) is 0 Å². The number of guanidine groups is 1. The highest BCUT2D eigenvalue weighted by molar-refractivity contribution is 14.0. The number of benzene rings is 1. The van der Waals surface area contributed by atoms with Crippen molar-refractivity contribution in [3.63, 3.8) is 0 Å². The van der Waals surface area contributed by atoms with Crippen molar-refractivity contribution in [1.82, 2.24) is 25.0 Å². The van der Waals surface area contributed by atoms with E-state index < -0.39 is 0 Å². The fourth-order valence-electron chi connectivity index (χ4n) is 3.13. The van der Waals surface area contributed by atoms with E-state index in [0.29, 0.717) is 13.1 Å². The van der Waals surface area contributed by atoms with Crippen LogP contribution in [0, 0.1) is 0 Å². The van der Waals surface area contributed by atoms with Gasteiger partial charge in [0.05, 0.1) is 6.54 Å². The molecule has 0 fully saturated rings. The Kier molecular flexibility index (Phi) is 8.83. The summed E-state index contributed by atoms with van der Waals surface area (Å²) in [7, 11) is 0. The van der Waals surface area contributed by atoms with E-state index in [0.717, 1.165) is 57.1 Å². The van der Waals surface area contributed by atoms with Crippen molar-refractivity contribution in [3.8, 4) is 0 Å². The number of hydrogen-bond donors (Lipinski definition) is 2. The molecule has 0 unspecified atom stereocenters. The summed E-state index contributed by atoms with van der Waals surface area (Å²) in [6.07, 6.45) is 3.94. The summed E-state index contributed by atoms with van der Waals surface area (Å²) in [5.41, 5.74) is 1.21. The van der Waals surface area contributed by atoms with E-state index in [2.05, 4.69) is 39.8 Å². The lowest BCUT2D eigenvalue weighted by Crippen LogP contribution is -2.38. The average Bonchev–Trinajstić information content (AvgIpc) is 3.00. The molecule has 2 aromatic rings. The van der Waals surface area contributed by atoms with Crippen molar-refractivity contribution >= 4 is 29.9 Å². The number of nitrogens with zero attached hydrogens (tertiary/aromatic N) is 4. The predicted molar refractivity (Wildman–Crippen MR) is 119 cm³/mol. The number of nitrogens with one attached hydrogen (secondary N) is 2. The van der Waals surface area contributed by atoms with Gasteiger partial charge < -0.3 is 10.6 Å². The zero-order valence-electron chi connectivity index (χ0n) is 15.9. The van der Waals surface area contributed by atoms with Gasteiger partial charge in [-0.1, -0.05) is 30.3 Å². The van der Waals surface area contributed by atoms with E-state index in [1.807, 2.05) is 22.8 Å². The van der Waals surface area contributed by atoms with Crippen molar-refractivity contribution in [1.29, 1.82) is 0 Å². The third-order valence-corrected chi connectivity index (χ3v) is 4.48. The van der Waals surface area contributed by atoms with Crippen LogP contribution in [0.2, 0.25) is 0 Å². The van der Waals surface area contributed by atoms with Crippen LogP contribution in [0.3, 0.4) is 0 Å². The molecule has 0 atom stereocenters. The van der Waals surface area contributed by atoms with Crippen LogP contribution in [-0.4, -0.2) is 33.4 Å². The zero-order chi connectivity index (χ0) is 18.2. The molecule has 1 aliphatic heterocycles. The lowest BCUT2D eigenvalue weighted by molar-refractivity contribution is 0.509. The maximum atomic E-state index is 12.3. The molecule has 2 heterocycles. The van der Waals surface area contributed by atoms with E-state index >= 15 is 0 Å². The van der Waals surface area contributed by atoms with E-state index in [-0.39, 0.29) is 29.7 Å². The fraction of sp³-hybridized carbons (Fsp3) is 0.526. The summed E-state index contributed by atoms with van der Waals surface area (Å²) in [5, 5.41) is 11.1. The smallest absolute Gasteiger partial charge is 0.345 e. The van der Waals surface area contributed by atoms with Crippen LogP contribution in [-0.2, 0) is 26.1 Å². The maximum Gasteiger partial charge on any atom is 0.345 e. The molecule has 27 heavy (non-hydrogen) atoms. The number of aliphatic imine (C=N–C) groups is 1. The SMILES string of the molecule is CCNC(=NCc1ccccc1)NCCCn1nc2n(c1=O)CCCC2.I. The van der Waals surface area contributed by atoms with Gasteiger partial charge in [-0.15, -0.1) is 24.0 Å².